The molecule has 0 spiro atoms. The normalized spacial score (nSPS) is 16.5. The number of anilines is 1. The van der Waals surface area contributed by atoms with Crippen molar-refractivity contribution < 1.29 is 18.8 Å². The van der Waals surface area contributed by atoms with Gasteiger partial charge in [0.1, 0.15) is 11.9 Å². The van der Waals surface area contributed by atoms with Crippen molar-refractivity contribution in [3.8, 4) is 0 Å². The number of nitrogens with zero attached hydrogens (tertiary/aromatic N) is 2. The number of halogens is 1. The zero-order valence-electron chi connectivity index (χ0n) is 16.0. The van der Waals surface area contributed by atoms with E-state index in [0.29, 0.717) is 18.7 Å². The Morgan fingerprint density at radius 3 is 2.43 bits per heavy atom. The molecule has 1 aromatic rings. The van der Waals surface area contributed by atoms with Crippen molar-refractivity contribution >= 4 is 40.7 Å². The molecule has 1 atom stereocenters. The van der Waals surface area contributed by atoms with Crippen LogP contribution in [0.4, 0.5) is 10.1 Å². The maximum absolute atomic E-state index is 13.0. The van der Waals surface area contributed by atoms with Crippen molar-refractivity contribution in [1.82, 2.24) is 15.3 Å². The van der Waals surface area contributed by atoms with Crippen molar-refractivity contribution in [3.05, 3.63) is 30.1 Å². The summed E-state index contributed by atoms with van der Waals surface area (Å²) in [5, 5.41) is 4.10. The van der Waals surface area contributed by atoms with Gasteiger partial charge in [0.2, 0.25) is 11.8 Å². The molecule has 152 valence electrons. The van der Waals surface area contributed by atoms with Gasteiger partial charge in [-0.25, -0.2) is 9.40 Å². The van der Waals surface area contributed by atoms with E-state index in [9.17, 15) is 18.8 Å². The van der Waals surface area contributed by atoms with Crippen LogP contribution in [0.3, 0.4) is 0 Å². The number of thiocarbonyl (C=S) groups is 1. The number of carbonyl (C=O) groups is 3. The number of carbonyl (C=O) groups excluding carboxylic acids is 3. The quantitative estimate of drug-likeness (QED) is 0.485. The van der Waals surface area contributed by atoms with Crippen LogP contribution in [0.25, 0.3) is 0 Å². The molecule has 0 saturated carbocycles. The topological polar surface area (TPSA) is 81.8 Å². The van der Waals surface area contributed by atoms with Gasteiger partial charge in [0.25, 0.3) is 5.91 Å². The summed E-state index contributed by atoms with van der Waals surface area (Å²) in [4.78, 5) is 38.6. The van der Waals surface area contributed by atoms with E-state index < -0.39 is 17.8 Å². The molecule has 28 heavy (non-hydrogen) atoms. The first-order valence-electron chi connectivity index (χ1n) is 9.36. The summed E-state index contributed by atoms with van der Waals surface area (Å²) in [7, 11) is 0. The minimum Gasteiger partial charge on any atom is -0.326 e. The summed E-state index contributed by atoms with van der Waals surface area (Å²) in [6, 6.07) is 4.41. The Balaban J connectivity index is 2.05. The van der Waals surface area contributed by atoms with Crippen molar-refractivity contribution in [2.45, 2.75) is 52.0 Å². The molecule has 0 aromatic heterocycles. The number of hydrogen-bond acceptors (Lipinski definition) is 4. The maximum Gasteiger partial charge on any atom is 0.254 e. The van der Waals surface area contributed by atoms with E-state index in [2.05, 4.69) is 10.7 Å². The second-order valence-corrected chi connectivity index (χ2v) is 6.87. The average Bonchev–Trinajstić information content (AvgIpc) is 2.87. The number of hydrazine groups is 1. The molecule has 1 aromatic carbocycles. The highest BCUT2D eigenvalue weighted by atomic mass is 32.1. The lowest BCUT2D eigenvalue weighted by Crippen LogP contribution is -2.49. The average molecular weight is 408 g/mol. The summed E-state index contributed by atoms with van der Waals surface area (Å²) in [5.74, 6) is -1.43. The number of nitrogens with one attached hydrogen (secondary N) is 2. The van der Waals surface area contributed by atoms with Crippen molar-refractivity contribution in [2.24, 2.45) is 0 Å². The van der Waals surface area contributed by atoms with Crippen LogP contribution in [0.15, 0.2) is 24.3 Å². The van der Waals surface area contributed by atoms with E-state index >= 15 is 0 Å². The van der Waals surface area contributed by atoms with Gasteiger partial charge in [0, 0.05) is 18.7 Å². The lowest BCUT2D eigenvalue weighted by atomic mass is 10.1. The van der Waals surface area contributed by atoms with Gasteiger partial charge in [-0.15, -0.1) is 0 Å². The van der Waals surface area contributed by atoms with Crippen LogP contribution in [0.2, 0.25) is 0 Å². The van der Waals surface area contributed by atoms with Gasteiger partial charge in [-0.05, 0) is 49.8 Å². The third-order valence-corrected chi connectivity index (χ3v) is 4.79. The van der Waals surface area contributed by atoms with Crippen LogP contribution in [0.1, 0.15) is 46.0 Å². The Bertz CT molecular complexity index is 741. The number of unbranched alkanes of at least 4 members (excludes halogenated alkanes) is 2. The van der Waals surface area contributed by atoms with Gasteiger partial charge in [0.05, 0.1) is 6.42 Å². The van der Waals surface area contributed by atoms with Gasteiger partial charge in [-0.3, -0.25) is 24.7 Å². The molecular weight excluding hydrogens is 383 g/mol. The minimum absolute atomic E-state index is 0.177. The molecule has 3 amide bonds. The molecule has 0 aliphatic carbocycles. The predicted octanol–water partition coefficient (Wildman–Crippen LogP) is 2.58. The molecule has 0 bridgehead atoms. The van der Waals surface area contributed by atoms with Crippen molar-refractivity contribution in [1.29, 1.82) is 0 Å². The number of likely N-dealkylation sites (N-methyl/N-ethyl adjacent to an activating group) is 1. The van der Waals surface area contributed by atoms with E-state index in [4.69, 9.17) is 12.2 Å². The van der Waals surface area contributed by atoms with E-state index in [0.717, 1.165) is 19.3 Å². The first-order valence-corrected chi connectivity index (χ1v) is 9.77. The third-order valence-electron chi connectivity index (χ3n) is 4.38. The number of rotatable bonds is 9. The lowest BCUT2D eigenvalue weighted by molar-refractivity contribution is -0.132. The Morgan fingerprint density at radius 2 is 1.82 bits per heavy atom. The summed E-state index contributed by atoms with van der Waals surface area (Å²) in [5.41, 5.74) is 3.09. The Hall–Kier alpha value is -2.55. The van der Waals surface area contributed by atoms with Gasteiger partial charge in [-0.1, -0.05) is 19.8 Å². The Labute approximate surface area is 169 Å². The second kappa shape index (κ2) is 10.1. The summed E-state index contributed by atoms with van der Waals surface area (Å²) in [6.07, 6.45) is 2.79. The van der Waals surface area contributed by atoms with Gasteiger partial charge in [0.15, 0.2) is 5.11 Å². The van der Waals surface area contributed by atoms with Crippen molar-refractivity contribution in [2.75, 3.05) is 11.9 Å². The van der Waals surface area contributed by atoms with Crippen LogP contribution < -0.4 is 10.7 Å². The molecule has 1 aliphatic heterocycles. The molecule has 7 nitrogen and oxygen atoms in total. The molecular formula is C19H25FN4O3S. The first-order chi connectivity index (χ1) is 13.4. The van der Waals surface area contributed by atoms with Crippen LogP contribution >= 0.6 is 12.2 Å². The zero-order chi connectivity index (χ0) is 20.7. The molecule has 1 fully saturated rings. The van der Waals surface area contributed by atoms with Gasteiger partial charge >= 0.3 is 0 Å². The maximum atomic E-state index is 13.0. The minimum atomic E-state index is -0.914. The van der Waals surface area contributed by atoms with E-state index in [-0.39, 0.29) is 23.3 Å². The van der Waals surface area contributed by atoms with Crippen LogP contribution in [0, 0.1) is 5.82 Å². The van der Waals surface area contributed by atoms with Crippen molar-refractivity contribution in [3.63, 3.8) is 0 Å². The molecule has 1 unspecified atom stereocenters. The number of benzene rings is 1. The first kappa shape index (κ1) is 21.7. The van der Waals surface area contributed by atoms with E-state index in [1.165, 1.54) is 34.2 Å². The van der Waals surface area contributed by atoms with E-state index in [1.807, 2.05) is 6.92 Å². The second-order valence-electron chi connectivity index (χ2n) is 6.50. The highest BCUT2D eigenvalue weighted by Crippen LogP contribution is 2.20. The summed E-state index contributed by atoms with van der Waals surface area (Å²) >= 11 is 5.31. The number of hydrogen-bond donors (Lipinski definition) is 2. The zero-order valence-corrected chi connectivity index (χ0v) is 16.9. The molecule has 1 heterocycles. The van der Waals surface area contributed by atoms with Crippen LogP contribution in [0.5, 0.6) is 0 Å². The SMILES string of the molecule is CCCCCC(=O)NN1C(=S)N(CC)C(=O)C1CC(=O)Nc1ccc(F)cc1. The molecule has 1 saturated heterocycles. The Morgan fingerprint density at radius 1 is 1.14 bits per heavy atom. The summed E-state index contributed by atoms with van der Waals surface area (Å²) < 4.78 is 13.0. The molecule has 9 heteroatoms. The van der Waals surface area contributed by atoms with E-state index in [1.54, 1.807) is 6.92 Å². The highest BCUT2D eigenvalue weighted by molar-refractivity contribution is 7.80. The largest absolute Gasteiger partial charge is 0.326 e. The van der Waals surface area contributed by atoms with Crippen LogP contribution in [-0.4, -0.2) is 45.3 Å². The molecule has 2 rings (SSSR count). The molecule has 1 aliphatic rings. The fourth-order valence-corrected chi connectivity index (χ4v) is 3.28. The lowest BCUT2D eigenvalue weighted by Gasteiger charge is -2.24. The Kier molecular flexibility index (Phi) is 7.86. The van der Waals surface area contributed by atoms with Gasteiger partial charge < -0.3 is 5.32 Å². The summed E-state index contributed by atoms with van der Waals surface area (Å²) in [6.45, 7) is 4.16. The fourth-order valence-electron chi connectivity index (χ4n) is 2.89. The monoisotopic (exact) mass is 408 g/mol. The molecule has 0 radical (unpaired) electrons. The smallest absolute Gasteiger partial charge is 0.254 e. The van der Waals surface area contributed by atoms with Gasteiger partial charge in [-0.2, -0.15) is 0 Å². The fraction of sp³-hybridized carbons (Fsp3) is 0.474. The standard InChI is InChI=1S/C19H25FN4O3S/c1-3-5-6-7-16(25)22-24-15(18(27)23(4-2)19(24)28)12-17(26)21-14-10-8-13(20)9-11-14/h8-11,15H,3-7,12H2,1-2H3,(H,21,26)(H,22,25). The predicted molar refractivity (Wildman–Crippen MR) is 108 cm³/mol. The highest BCUT2D eigenvalue weighted by Gasteiger charge is 2.43. The molecule has 2 N–H and O–H groups in total. The van der Waals surface area contributed by atoms with Crippen LogP contribution in [-0.2, 0) is 14.4 Å². The third kappa shape index (κ3) is 5.48. The number of amides is 3.